The summed E-state index contributed by atoms with van der Waals surface area (Å²) in [4.78, 5) is 16.4. The highest BCUT2D eigenvalue weighted by atomic mass is 32.1. The van der Waals surface area contributed by atoms with Gasteiger partial charge >= 0.3 is 5.97 Å². The van der Waals surface area contributed by atoms with Gasteiger partial charge in [-0.2, -0.15) is 0 Å². The van der Waals surface area contributed by atoms with Gasteiger partial charge in [0.2, 0.25) is 0 Å². The van der Waals surface area contributed by atoms with Crippen molar-refractivity contribution in [2.75, 3.05) is 12.3 Å². The smallest absolute Gasteiger partial charge is 0.341 e. The molecule has 0 spiro atoms. The number of aromatic nitrogens is 1. The number of halogens is 1. The Labute approximate surface area is 195 Å². The molecule has 2 N–H and O–H groups in total. The standard InChI is InChI=1S/C24H21FN2O4S.CH4/c1-2-29-24(28)19-11-27-23(26)21-16(14-32-22(19)21)13-31-18-8-5-7-17(10-18)30-12-15-6-3-4-9-20(15)25;/h3-11,14H,2,12-13H2,1H3,(H2,26,27);1H4. The van der Waals surface area contributed by atoms with E-state index in [1.165, 1.54) is 23.6 Å². The van der Waals surface area contributed by atoms with Crippen LogP contribution in [-0.4, -0.2) is 17.6 Å². The Bertz CT molecular complexity index is 1260. The molecule has 0 saturated carbocycles. The second kappa shape index (κ2) is 10.8. The van der Waals surface area contributed by atoms with Crippen LogP contribution in [0.4, 0.5) is 10.2 Å². The summed E-state index contributed by atoms with van der Waals surface area (Å²) in [6.45, 7) is 2.38. The van der Waals surface area contributed by atoms with Gasteiger partial charge in [0.05, 0.1) is 16.9 Å². The molecule has 2 heterocycles. The summed E-state index contributed by atoms with van der Waals surface area (Å²) < 4.78 is 31.2. The number of anilines is 1. The van der Waals surface area contributed by atoms with Crippen LogP contribution >= 0.6 is 11.3 Å². The fourth-order valence-electron chi connectivity index (χ4n) is 3.18. The van der Waals surface area contributed by atoms with E-state index in [4.69, 9.17) is 19.9 Å². The van der Waals surface area contributed by atoms with Gasteiger partial charge in [-0.1, -0.05) is 31.7 Å². The summed E-state index contributed by atoms with van der Waals surface area (Å²) in [6, 6.07) is 13.6. The Balaban J connectivity index is 0.00000306. The van der Waals surface area contributed by atoms with Crippen LogP contribution in [0.1, 0.15) is 35.8 Å². The average molecular weight is 469 g/mol. The number of ether oxygens (including phenoxy) is 3. The lowest BCUT2D eigenvalue weighted by molar-refractivity contribution is 0.0528. The van der Waals surface area contributed by atoms with Crippen molar-refractivity contribution < 1.29 is 23.4 Å². The molecular formula is C25H25FN2O4S. The predicted octanol–water partition coefficient (Wildman–Crippen LogP) is 5.99. The molecule has 2 aromatic heterocycles. The SMILES string of the molecule is C.CCOC(=O)c1cnc(N)c2c(COc3cccc(OCc4ccccc4F)c3)csc12. The molecule has 0 radical (unpaired) electrons. The minimum absolute atomic E-state index is 0. The lowest BCUT2D eigenvalue weighted by Crippen LogP contribution is -2.06. The molecule has 0 fully saturated rings. The van der Waals surface area contributed by atoms with E-state index in [1.54, 1.807) is 49.4 Å². The number of nitrogens with zero attached hydrogens (tertiary/aromatic N) is 1. The Morgan fingerprint density at radius 1 is 1.06 bits per heavy atom. The van der Waals surface area contributed by atoms with Gasteiger partial charge in [-0.05, 0) is 30.5 Å². The number of hydrogen-bond acceptors (Lipinski definition) is 7. The number of fused-ring (bicyclic) bond motifs is 1. The molecular weight excluding hydrogens is 443 g/mol. The normalized spacial score (nSPS) is 10.5. The molecule has 0 atom stereocenters. The van der Waals surface area contributed by atoms with E-state index in [9.17, 15) is 9.18 Å². The molecule has 0 bridgehead atoms. The Kier molecular flexibility index (Phi) is 7.84. The number of pyridine rings is 1. The maximum absolute atomic E-state index is 13.8. The Morgan fingerprint density at radius 3 is 2.45 bits per heavy atom. The van der Waals surface area contributed by atoms with E-state index in [0.717, 1.165) is 10.3 Å². The zero-order chi connectivity index (χ0) is 22.5. The van der Waals surface area contributed by atoms with E-state index in [2.05, 4.69) is 4.98 Å². The molecule has 0 amide bonds. The van der Waals surface area contributed by atoms with Crippen molar-refractivity contribution in [3.05, 3.63) is 82.6 Å². The number of rotatable bonds is 8. The van der Waals surface area contributed by atoms with E-state index in [-0.39, 0.29) is 33.1 Å². The van der Waals surface area contributed by atoms with Crippen LogP contribution < -0.4 is 15.2 Å². The number of nitrogens with two attached hydrogens (primary N) is 1. The van der Waals surface area contributed by atoms with Gasteiger partial charge in [-0.25, -0.2) is 14.2 Å². The summed E-state index contributed by atoms with van der Waals surface area (Å²) in [5, 5.41) is 2.58. The van der Waals surface area contributed by atoms with Crippen LogP contribution in [-0.2, 0) is 18.0 Å². The van der Waals surface area contributed by atoms with Crippen molar-refractivity contribution in [2.24, 2.45) is 0 Å². The minimum atomic E-state index is -0.431. The second-order valence-electron chi connectivity index (χ2n) is 6.89. The number of thiophene rings is 1. The van der Waals surface area contributed by atoms with Crippen LogP contribution in [0.3, 0.4) is 0 Å². The van der Waals surface area contributed by atoms with E-state index in [1.807, 2.05) is 5.38 Å². The highest BCUT2D eigenvalue weighted by Crippen LogP contribution is 2.33. The molecule has 0 unspecified atom stereocenters. The van der Waals surface area contributed by atoms with Crippen molar-refractivity contribution in [3.63, 3.8) is 0 Å². The van der Waals surface area contributed by atoms with Crippen LogP contribution in [0.2, 0.25) is 0 Å². The van der Waals surface area contributed by atoms with Crippen LogP contribution in [0, 0.1) is 5.82 Å². The van der Waals surface area contributed by atoms with Crippen molar-refractivity contribution in [3.8, 4) is 11.5 Å². The molecule has 0 aliphatic heterocycles. The summed E-state index contributed by atoms with van der Waals surface area (Å²) in [6.07, 6.45) is 1.44. The van der Waals surface area contributed by atoms with E-state index in [0.29, 0.717) is 33.8 Å². The monoisotopic (exact) mass is 468 g/mol. The van der Waals surface area contributed by atoms with Crippen LogP contribution in [0.5, 0.6) is 11.5 Å². The van der Waals surface area contributed by atoms with Crippen molar-refractivity contribution in [1.29, 1.82) is 0 Å². The molecule has 2 aromatic carbocycles. The highest BCUT2D eigenvalue weighted by molar-refractivity contribution is 7.17. The summed E-state index contributed by atoms with van der Waals surface area (Å²) in [5.74, 6) is 0.738. The molecule has 33 heavy (non-hydrogen) atoms. The molecule has 4 aromatic rings. The van der Waals surface area contributed by atoms with Gasteiger partial charge < -0.3 is 19.9 Å². The Hall–Kier alpha value is -3.65. The number of esters is 1. The lowest BCUT2D eigenvalue weighted by Gasteiger charge is -2.10. The quantitative estimate of drug-likeness (QED) is 0.320. The molecule has 6 nitrogen and oxygen atoms in total. The lowest BCUT2D eigenvalue weighted by atomic mass is 10.1. The number of nitrogen functional groups attached to an aromatic ring is 1. The number of hydrogen-bond donors (Lipinski definition) is 1. The molecule has 8 heteroatoms. The molecule has 0 aliphatic carbocycles. The fraction of sp³-hybridized carbons (Fsp3) is 0.200. The average Bonchev–Trinajstić information content (AvgIpc) is 3.23. The largest absolute Gasteiger partial charge is 0.489 e. The van der Waals surface area contributed by atoms with Gasteiger partial charge in [0.1, 0.15) is 36.3 Å². The number of benzene rings is 2. The molecule has 0 aliphatic rings. The number of carbonyl (C=O) groups excluding carboxylic acids is 1. The first-order chi connectivity index (χ1) is 15.6. The minimum Gasteiger partial charge on any atom is -0.489 e. The van der Waals surface area contributed by atoms with Gasteiger partial charge in [-0.15, -0.1) is 11.3 Å². The first-order valence-corrected chi connectivity index (χ1v) is 10.9. The van der Waals surface area contributed by atoms with E-state index >= 15 is 0 Å². The topological polar surface area (TPSA) is 83.7 Å². The van der Waals surface area contributed by atoms with Crippen LogP contribution in [0.25, 0.3) is 10.1 Å². The van der Waals surface area contributed by atoms with Gasteiger partial charge in [0, 0.05) is 28.8 Å². The fourth-order valence-corrected chi connectivity index (χ4v) is 4.24. The van der Waals surface area contributed by atoms with Gasteiger partial charge in [-0.3, -0.25) is 0 Å². The maximum Gasteiger partial charge on any atom is 0.341 e. The highest BCUT2D eigenvalue weighted by Gasteiger charge is 2.18. The van der Waals surface area contributed by atoms with E-state index < -0.39 is 5.97 Å². The van der Waals surface area contributed by atoms with Crippen LogP contribution in [0.15, 0.2) is 60.1 Å². The van der Waals surface area contributed by atoms with Gasteiger partial charge in [0.25, 0.3) is 0 Å². The summed E-state index contributed by atoms with van der Waals surface area (Å²) in [7, 11) is 0. The second-order valence-corrected chi connectivity index (χ2v) is 7.77. The molecule has 4 rings (SSSR count). The predicted molar refractivity (Wildman–Crippen MR) is 128 cm³/mol. The zero-order valence-corrected chi connectivity index (χ0v) is 18.2. The third kappa shape index (κ3) is 5.40. The zero-order valence-electron chi connectivity index (χ0n) is 17.3. The first kappa shape index (κ1) is 24.0. The molecule has 172 valence electrons. The van der Waals surface area contributed by atoms with Crippen molar-refractivity contribution in [2.45, 2.75) is 27.6 Å². The third-order valence-electron chi connectivity index (χ3n) is 4.75. The molecule has 0 saturated heterocycles. The van der Waals surface area contributed by atoms with Crippen molar-refractivity contribution in [1.82, 2.24) is 4.98 Å². The summed E-state index contributed by atoms with van der Waals surface area (Å²) in [5.41, 5.74) is 7.76. The Morgan fingerprint density at radius 2 is 1.76 bits per heavy atom. The van der Waals surface area contributed by atoms with Crippen molar-refractivity contribution >= 4 is 33.2 Å². The third-order valence-corrected chi connectivity index (χ3v) is 5.81. The maximum atomic E-state index is 13.8. The first-order valence-electron chi connectivity index (χ1n) is 9.97. The van der Waals surface area contributed by atoms with Gasteiger partial charge in [0.15, 0.2) is 0 Å². The summed E-state index contributed by atoms with van der Waals surface area (Å²) >= 11 is 1.39. The number of carbonyl (C=O) groups is 1.